The lowest BCUT2D eigenvalue weighted by atomic mass is 9.87. The first-order valence-corrected chi connectivity index (χ1v) is 13.7. The first kappa shape index (κ1) is 22.4. The van der Waals surface area contributed by atoms with Crippen molar-refractivity contribution in [3.63, 3.8) is 0 Å². The second-order valence-corrected chi connectivity index (χ2v) is 10.7. The van der Waals surface area contributed by atoms with E-state index in [0.717, 1.165) is 31.0 Å². The molecule has 152 valence electrons. The zero-order valence-corrected chi connectivity index (χ0v) is 20.1. The molecule has 0 saturated carbocycles. The molecule has 0 nitrogen and oxygen atoms in total. The minimum atomic E-state index is -1.31. The fraction of sp³-hybridized carbons (Fsp3) is 0.308. The van der Waals surface area contributed by atoms with Crippen LogP contribution in [0.3, 0.4) is 0 Å². The number of halogens is 2. The molecule has 0 spiro atoms. The van der Waals surface area contributed by atoms with Crippen LogP contribution in [0.2, 0.25) is 0 Å². The molecule has 0 aromatic heterocycles. The monoisotopic (exact) mass is 442 g/mol. The van der Waals surface area contributed by atoms with Crippen LogP contribution in [0.25, 0.3) is 22.3 Å². The molecule has 0 amide bonds. The third-order valence-electron chi connectivity index (χ3n) is 5.74. The Morgan fingerprint density at radius 1 is 0.552 bits per heavy atom. The summed E-state index contributed by atoms with van der Waals surface area (Å²) < 4.78 is 0. The fourth-order valence-electron chi connectivity index (χ4n) is 4.31. The number of benzene rings is 3. The Balaban J connectivity index is 2.40. The van der Waals surface area contributed by atoms with E-state index in [1.54, 1.807) is 0 Å². The summed E-state index contributed by atoms with van der Waals surface area (Å²) in [6.07, 6.45) is 3.95. The second-order valence-electron chi connectivity index (χ2n) is 7.25. The minimum Gasteiger partial charge on any atom is -0.0727 e. The van der Waals surface area contributed by atoms with Crippen LogP contribution in [-0.2, 0) is 25.7 Å². The van der Waals surface area contributed by atoms with Crippen LogP contribution < -0.4 is 5.30 Å². The van der Waals surface area contributed by atoms with Gasteiger partial charge >= 0.3 is 0 Å². The van der Waals surface area contributed by atoms with E-state index < -0.39 is 6.63 Å². The molecule has 0 aliphatic heterocycles. The summed E-state index contributed by atoms with van der Waals surface area (Å²) in [6, 6.07) is 19.8. The molecule has 0 unspecified atom stereocenters. The lowest BCUT2D eigenvalue weighted by Crippen LogP contribution is -2.10. The van der Waals surface area contributed by atoms with Gasteiger partial charge in [0.1, 0.15) is 6.63 Å². The number of rotatable bonds is 7. The second kappa shape index (κ2) is 10.1. The molecule has 0 aliphatic rings. The number of hydrogen-bond donors (Lipinski definition) is 0. The Bertz CT molecular complexity index is 874. The summed E-state index contributed by atoms with van der Waals surface area (Å²) in [4.78, 5) is 0. The van der Waals surface area contributed by atoms with Crippen molar-refractivity contribution >= 4 is 34.4 Å². The van der Waals surface area contributed by atoms with Crippen LogP contribution in [0.4, 0.5) is 0 Å². The van der Waals surface area contributed by atoms with E-state index in [4.69, 9.17) is 22.5 Å². The van der Waals surface area contributed by atoms with Gasteiger partial charge in [-0.3, -0.25) is 0 Å². The quantitative estimate of drug-likeness (QED) is 0.321. The highest BCUT2D eigenvalue weighted by molar-refractivity contribution is 8.09. The zero-order valence-electron chi connectivity index (χ0n) is 17.7. The highest BCUT2D eigenvalue weighted by Crippen LogP contribution is 2.51. The molecule has 3 aromatic rings. The van der Waals surface area contributed by atoms with Crippen LogP contribution in [0.15, 0.2) is 54.6 Å². The van der Waals surface area contributed by atoms with Gasteiger partial charge in [-0.2, -0.15) is 0 Å². The van der Waals surface area contributed by atoms with Crippen LogP contribution in [0.5, 0.6) is 0 Å². The van der Waals surface area contributed by atoms with Crippen molar-refractivity contribution in [3.05, 3.63) is 76.9 Å². The molecular weight excluding hydrogens is 414 g/mol. The van der Waals surface area contributed by atoms with Gasteiger partial charge in [-0.25, -0.2) is 0 Å². The maximum Gasteiger partial charge on any atom is 0.118 e. The van der Waals surface area contributed by atoms with Crippen molar-refractivity contribution < 1.29 is 0 Å². The van der Waals surface area contributed by atoms with E-state index in [0.29, 0.717) is 0 Å². The van der Waals surface area contributed by atoms with E-state index in [1.807, 2.05) is 0 Å². The summed E-state index contributed by atoms with van der Waals surface area (Å²) in [5, 5.41) is 1.09. The number of hydrogen-bond acceptors (Lipinski definition) is 0. The van der Waals surface area contributed by atoms with Gasteiger partial charge in [0.2, 0.25) is 0 Å². The highest BCUT2D eigenvalue weighted by atomic mass is 35.9. The van der Waals surface area contributed by atoms with Gasteiger partial charge in [-0.15, -0.1) is 0 Å². The number of aryl methyl sites for hydroxylation is 4. The molecule has 0 N–H and O–H groups in total. The molecule has 0 atom stereocenters. The minimum absolute atomic E-state index is 0.987. The largest absolute Gasteiger partial charge is 0.118 e. The molecule has 3 aromatic carbocycles. The Hall–Kier alpha value is -1.33. The maximum atomic E-state index is 6.73. The van der Waals surface area contributed by atoms with Crippen molar-refractivity contribution in [2.45, 2.75) is 53.4 Å². The fourth-order valence-corrected chi connectivity index (χ4v) is 6.14. The Morgan fingerprint density at radius 2 is 0.862 bits per heavy atom. The predicted octanol–water partition coefficient (Wildman–Crippen LogP) is 8.69. The summed E-state index contributed by atoms with van der Waals surface area (Å²) in [6.45, 7) is 7.55. The molecule has 0 saturated heterocycles. The zero-order chi connectivity index (χ0) is 21.0. The molecule has 3 heteroatoms. The molecule has 3 rings (SSSR count). The lowest BCUT2D eigenvalue weighted by molar-refractivity contribution is 1.09. The van der Waals surface area contributed by atoms with Crippen molar-refractivity contribution in [2.75, 3.05) is 0 Å². The SMILES string of the molecule is CCc1cccc(CC)c1-c1cccc(-c2c(CC)cccc2CC)c1P(Cl)Cl. The van der Waals surface area contributed by atoms with Crippen molar-refractivity contribution in [1.82, 2.24) is 0 Å². The van der Waals surface area contributed by atoms with Gasteiger partial charge < -0.3 is 0 Å². The average Bonchev–Trinajstić information content (AvgIpc) is 2.76. The van der Waals surface area contributed by atoms with E-state index in [2.05, 4.69) is 82.3 Å². The topological polar surface area (TPSA) is 0 Å². The Labute approximate surface area is 186 Å². The Morgan fingerprint density at radius 3 is 1.14 bits per heavy atom. The Kier molecular flexibility index (Phi) is 7.80. The van der Waals surface area contributed by atoms with Gasteiger partial charge in [0.25, 0.3) is 0 Å². The molecule has 0 fully saturated rings. The molecule has 0 radical (unpaired) electrons. The standard InChI is InChI=1S/C26H29Cl2P/c1-5-18-12-9-13-19(6-2)24(18)22-16-11-17-23(26(22)29(27)28)25-20(7-3)14-10-15-21(25)8-4/h9-17H,5-8H2,1-4H3. The van der Waals surface area contributed by atoms with E-state index in [9.17, 15) is 0 Å². The van der Waals surface area contributed by atoms with E-state index in [1.165, 1.54) is 44.5 Å². The third-order valence-corrected chi connectivity index (χ3v) is 7.58. The van der Waals surface area contributed by atoms with Crippen molar-refractivity contribution in [2.24, 2.45) is 0 Å². The third kappa shape index (κ3) is 4.41. The predicted molar refractivity (Wildman–Crippen MR) is 133 cm³/mol. The lowest BCUT2D eigenvalue weighted by Gasteiger charge is -2.22. The smallest absolute Gasteiger partial charge is 0.0727 e. The van der Waals surface area contributed by atoms with E-state index in [-0.39, 0.29) is 0 Å². The highest BCUT2D eigenvalue weighted by Gasteiger charge is 2.23. The van der Waals surface area contributed by atoms with Crippen LogP contribution in [-0.4, -0.2) is 0 Å². The summed E-state index contributed by atoms with van der Waals surface area (Å²) in [5.41, 5.74) is 10.4. The van der Waals surface area contributed by atoms with E-state index >= 15 is 0 Å². The first-order valence-electron chi connectivity index (χ1n) is 10.5. The van der Waals surface area contributed by atoms with Crippen LogP contribution >= 0.6 is 29.1 Å². The van der Waals surface area contributed by atoms with Crippen molar-refractivity contribution in [1.29, 1.82) is 0 Å². The van der Waals surface area contributed by atoms with Gasteiger partial charge in [-0.05, 0) is 70.2 Å². The molecule has 29 heavy (non-hydrogen) atoms. The van der Waals surface area contributed by atoms with Gasteiger partial charge in [-0.1, -0.05) is 105 Å². The summed E-state index contributed by atoms with van der Waals surface area (Å²) in [7, 11) is 0. The van der Waals surface area contributed by atoms with Gasteiger partial charge in [0.15, 0.2) is 0 Å². The van der Waals surface area contributed by atoms with Crippen LogP contribution in [0, 0.1) is 0 Å². The van der Waals surface area contributed by atoms with Gasteiger partial charge in [0.05, 0.1) is 0 Å². The average molecular weight is 443 g/mol. The first-order chi connectivity index (χ1) is 14.1. The molecule has 0 aliphatic carbocycles. The normalized spacial score (nSPS) is 11.3. The summed E-state index contributed by atoms with van der Waals surface area (Å²) in [5.74, 6) is 0. The van der Waals surface area contributed by atoms with Gasteiger partial charge in [0, 0.05) is 5.30 Å². The molecule has 0 bridgehead atoms. The molecular formula is C26H29Cl2P. The maximum absolute atomic E-state index is 6.73. The molecule has 0 heterocycles. The van der Waals surface area contributed by atoms with Crippen molar-refractivity contribution in [3.8, 4) is 22.3 Å². The van der Waals surface area contributed by atoms with Crippen LogP contribution in [0.1, 0.15) is 49.9 Å². The summed E-state index contributed by atoms with van der Waals surface area (Å²) >= 11 is 13.5.